The minimum Gasteiger partial charge on any atom is -0.348 e. The number of nitrogens with zero attached hydrogens (tertiary/aromatic N) is 2. The number of anilines is 1. The van der Waals surface area contributed by atoms with Gasteiger partial charge in [0.2, 0.25) is 5.13 Å². The molecule has 2 amide bonds. The highest BCUT2D eigenvalue weighted by atomic mass is 32.1. The van der Waals surface area contributed by atoms with E-state index in [1.165, 1.54) is 11.3 Å². The Morgan fingerprint density at radius 3 is 2.65 bits per heavy atom. The van der Waals surface area contributed by atoms with Crippen LogP contribution >= 0.6 is 11.3 Å². The van der Waals surface area contributed by atoms with Gasteiger partial charge < -0.3 is 14.8 Å². The molecule has 1 aromatic heterocycles. The second-order valence-electron chi connectivity index (χ2n) is 6.58. The van der Waals surface area contributed by atoms with Crippen molar-refractivity contribution in [3.63, 3.8) is 0 Å². The van der Waals surface area contributed by atoms with Crippen molar-refractivity contribution in [2.24, 2.45) is 5.92 Å². The number of hydrogen-bond donors (Lipinski definition) is 2. The van der Waals surface area contributed by atoms with Crippen molar-refractivity contribution in [2.75, 3.05) is 18.5 Å². The molecule has 2 N–H and O–H groups in total. The molecule has 1 aliphatic carbocycles. The van der Waals surface area contributed by atoms with Gasteiger partial charge in [0.15, 0.2) is 5.79 Å². The van der Waals surface area contributed by atoms with Gasteiger partial charge in [0.1, 0.15) is 5.01 Å². The number of aromatic nitrogens is 2. The summed E-state index contributed by atoms with van der Waals surface area (Å²) in [4.78, 5) is 12.1. The Kier molecular flexibility index (Phi) is 5.13. The van der Waals surface area contributed by atoms with Gasteiger partial charge in [-0.2, -0.15) is 0 Å². The van der Waals surface area contributed by atoms with Crippen LogP contribution in [0.5, 0.6) is 0 Å². The first-order valence-corrected chi connectivity index (χ1v) is 9.04. The number of ether oxygens (including phenoxy) is 2. The lowest BCUT2D eigenvalue weighted by Crippen LogP contribution is -2.45. The van der Waals surface area contributed by atoms with Crippen LogP contribution in [0.4, 0.5) is 9.93 Å². The summed E-state index contributed by atoms with van der Waals surface area (Å²) in [6.45, 7) is 5.62. The summed E-state index contributed by atoms with van der Waals surface area (Å²) in [5, 5.41) is 15.4. The monoisotopic (exact) mass is 340 g/mol. The topological polar surface area (TPSA) is 85.4 Å². The highest BCUT2D eigenvalue weighted by Crippen LogP contribution is 2.35. The standard InChI is InChI=1S/C15H24N4O3S/c1-10(2)9-12-18-19-14(23-12)17-13(20)16-11-3-5-15(6-4-11)21-7-8-22-15/h10-11H,3-9H2,1-2H3,(H2,16,17,19,20). The lowest BCUT2D eigenvalue weighted by molar-refractivity contribution is -0.179. The number of carbonyl (C=O) groups excluding carboxylic acids is 1. The molecule has 0 aromatic carbocycles. The Morgan fingerprint density at radius 2 is 2.00 bits per heavy atom. The van der Waals surface area contributed by atoms with E-state index in [2.05, 4.69) is 34.7 Å². The number of nitrogens with one attached hydrogen (secondary N) is 2. The molecule has 128 valence electrons. The summed E-state index contributed by atoms with van der Waals surface area (Å²) in [6.07, 6.45) is 4.26. The van der Waals surface area contributed by atoms with Crippen LogP contribution in [-0.4, -0.2) is 41.3 Å². The fourth-order valence-corrected chi connectivity index (χ4v) is 3.99. The first kappa shape index (κ1) is 16.6. The normalized spacial score (nSPS) is 21.0. The van der Waals surface area contributed by atoms with Crippen LogP contribution in [0, 0.1) is 5.92 Å². The lowest BCUT2D eigenvalue weighted by atomic mass is 9.90. The maximum absolute atomic E-state index is 12.1. The van der Waals surface area contributed by atoms with Gasteiger partial charge >= 0.3 is 6.03 Å². The Hall–Kier alpha value is -1.25. The van der Waals surface area contributed by atoms with E-state index in [4.69, 9.17) is 9.47 Å². The number of hydrogen-bond acceptors (Lipinski definition) is 6. The molecule has 3 rings (SSSR count). The van der Waals surface area contributed by atoms with Gasteiger partial charge in [0.05, 0.1) is 13.2 Å². The molecule has 2 aliphatic rings. The second-order valence-corrected chi connectivity index (χ2v) is 7.64. The van der Waals surface area contributed by atoms with E-state index in [9.17, 15) is 4.79 Å². The molecule has 1 aliphatic heterocycles. The zero-order valence-corrected chi connectivity index (χ0v) is 14.4. The fourth-order valence-electron chi connectivity index (χ4n) is 3.04. The summed E-state index contributed by atoms with van der Waals surface area (Å²) in [6, 6.07) is -0.0667. The van der Waals surface area contributed by atoms with E-state index in [0.29, 0.717) is 24.3 Å². The van der Waals surface area contributed by atoms with Crippen LogP contribution in [0.25, 0.3) is 0 Å². The predicted octanol–water partition coefficient (Wildman–Crippen LogP) is 2.54. The lowest BCUT2D eigenvalue weighted by Gasteiger charge is -2.35. The van der Waals surface area contributed by atoms with Crippen LogP contribution in [0.2, 0.25) is 0 Å². The molecule has 2 heterocycles. The third kappa shape index (κ3) is 4.39. The molecule has 0 bridgehead atoms. The van der Waals surface area contributed by atoms with Gasteiger partial charge in [0, 0.05) is 25.3 Å². The molecule has 0 unspecified atom stereocenters. The highest BCUT2D eigenvalue weighted by molar-refractivity contribution is 7.15. The molecule has 23 heavy (non-hydrogen) atoms. The minimum atomic E-state index is -0.389. The van der Waals surface area contributed by atoms with Crippen molar-refractivity contribution in [3.8, 4) is 0 Å². The third-order valence-corrected chi connectivity index (χ3v) is 5.03. The van der Waals surface area contributed by atoms with Crippen LogP contribution < -0.4 is 10.6 Å². The summed E-state index contributed by atoms with van der Waals surface area (Å²) in [7, 11) is 0. The van der Waals surface area contributed by atoms with Crippen LogP contribution in [0.15, 0.2) is 0 Å². The zero-order valence-electron chi connectivity index (χ0n) is 13.6. The summed E-state index contributed by atoms with van der Waals surface area (Å²) in [5.74, 6) is 0.138. The van der Waals surface area contributed by atoms with E-state index < -0.39 is 0 Å². The fraction of sp³-hybridized carbons (Fsp3) is 0.800. The molecule has 1 saturated carbocycles. The number of urea groups is 1. The molecule has 2 fully saturated rings. The Morgan fingerprint density at radius 1 is 1.30 bits per heavy atom. The van der Waals surface area contributed by atoms with Crippen LogP contribution in [-0.2, 0) is 15.9 Å². The largest absolute Gasteiger partial charge is 0.348 e. The van der Waals surface area contributed by atoms with Crippen LogP contribution in [0.3, 0.4) is 0 Å². The van der Waals surface area contributed by atoms with Crippen LogP contribution in [0.1, 0.15) is 44.5 Å². The maximum Gasteiger partial charge on any atom is 0.321 e. The Labute approximate surface area is 140 Å². The molecular formula is C15H24N4O3S. The molecule has 8 heteroatoms. The molecule has 1 spiro atoms. The predicted molar refractivity (Wildman–Crippen MR) is 87.5 cm³/mol. The number of amides is 2. The van der Waals surface area contributed by atoms with Crippen molar-refractivity contribution >= 4 is 22.5 Å². The van der Waals surface area contributed by atoms with E-state index in [0.717, 1.165) is 37.1 Å². The minimum absolute atomic E-state index is 0.150. The van der Waals surface area contributed by atoms with Gasteiger partial charge in [-0.1, -0.05) is 25.2 Å². The van der Waals surface area contributed by atoms with Crippen molar-refractivity contribution in [1.82, 2.24) is 15.5 Å². The van der Waals surface area contributed by atoms with Gasteiger partial charge in [-0.25, -0.2) is 4.79 Å². The SMILES string of the molecule is CC(C)Cc1nnc(NC(=O)NC2CCC3(CC2)OCCO3)s1. The van der Waals surface area contributed by atoms with E-state index >= 15 is 0 Å². The Bertz CT molecular complexity index is 533. The van der Waals surface area contributed by atoms with Crippen molar-refractivity contribution in [3.05, 3.63) is 5.01 Å². The first-order chi connectivity index (χ1) is 11.0. The summed E-state index contributed by atoms with van der Waals surface area (Å²) >= 11 is 1.43. The summed E-state index contributed by atoms with van der Waals surface area (Å²) < 4.78 is 11.4. The number of rotatable bonds is 4. The highest BCUT2D eigenvalue weighted by Gasteiger charge is 2.40. The van der Waals surface area contributed by atoms with Gasteiger partial charge in [0.25, 0.3) is 0 Å². The summed E-state index contributed by atoms with van der Waals surface area (Å²) in [5.41, 5.74) is 0. The smallest absolute Gasteiger partial charge is 0.321 e. The molecule has 1 aromatic rings. The molecule has 0 atom stereocenters. The molecule has 0 radical (unpaired) electrons. The Balaban J connectivity index is 1.44. The van der Waals surface area contributed by atoms with E-state index in [1.54, 1.807) is 0 Å². The average Bonchev–Trinajstić information content (AvgIpc) is 3.11. The second kappa shape index (κ2) is 7.11. The van der Waals surface area contributed by atoms with Gasteiger partial charge in [-0.3, -0.25) is 5.32 Å². The molecular weight excluding hydrogens is 316 g/mol. The third-order valence-electron chi connectivity index (χ3n) is 4.17. The number of carbonyl (C=O) groups is 1. The average molecular weight is 340 g/mol. The van der Waals surface area contributed by atoms with Crippen molar-refractivity contribution in [2.45, 2.75) is 57.8 Å². The quantitative estimate of drug-likeness (QED) is 0.880. The molecule has 7 nitrogen and oxygen atoms in total. The molecule has 1 saturated heterocycles. The van der Waals surface area contributed by atoms with Crippen molar-refractivity contribution in [1.29, 1.82) is 0 Å². The first-order valence-electron chi connectivity index (χ1n) is 8.22. The van der Waals surface area contributed by atoms with Gasteiger partial charge in [-0.15, -0.1) is 10.2 Å². The van der Waals surface area contributed by atoms with Gasteiger partial charge in [-0.05, 0) is 18.8 Å². The van der Waals surface area contributed by atoms with E-state index in [-0.39, 0.29) is 17.9 Å². The maximum atomic E-state index is 12.1. The van der Waals surface area contributed by atoms with Crippen molar-refractivity contribution < 1.29 is 14.3 Å². The zero-order chi connectivity index (χ0) is 16.3. The van der Waals surface area contributed by atoms with E-state index in [1.807, 2.05) is 0 Å².